The van der Waals surface area contributed by atoms with E-state index in [-0.39, 0.29) is 5.92 Å². The molecule has 0 bridgehead atoms. The van der Waals surface area contributed by atoms with E-state index in [2.05, 4.69) is 162 Å². The Kier molecular flexibility index (Phi) is 5.89. The molecule has 248 valence electrons. The number of benzene rings is 8. The Hall–Kier alpha value is -6.84. The van der Waals surface area contributed by atoms with Crippen LogP contribution in [0.25, 0.3) is 93.6 Å². The van der Waals surface area contributed by atoms with Crippen LogP contribution in [0.3, 0.4) is 0 Å². The quantitative estimate of drug-likeness (QED) is 0.186. The van der Waals surface area contributed by atoms with Gasteiger partial charge in [0.2, 0.25) is 0 Å². The van der Waals surface area contributed by atoms with E-state index in [1.54, 1.807) is 0 Å². The summed E-state index contributed by atoms with van der Waals surface area (Å²) in [4.78, 5) is 0. The standard InChI is InChI=1S/C50H31NO2/c1-2-12-30(13-3-1)38-26-31-14-4-5-15-33(31)39-28-41-35-16-6-8-19-42(35)51(44(41)29-40(38)39)43-20-11-23-47-50(43)37-25-24-32(27-48(37)53-47)34-18-10-22-46-49(34)36-17-7-9-21-45(36)52-46/h1-25,27-29,38H,26H2. The normalized spacial score (nSPS) is 14.2. The summed E-state index contributed by atoms with van der Waals surface area (Å²) < 4.78 is 15.4. The van der Waals surface area contributed by atoms with Crippen molar-refractivity contribution in [3.63, 3.8) is 0 Å². The van der Waals surface area contributed by atoms with Crippen LogP contribution in [0.4, 0.5) is 0 Å². The van der Waals surface area contributed by atoms with Crippen LogP contribution in [0.1, 0.15) is 22.6 Å². The molecule has 3 heterocycles. The van der Waals surface area contributed by atoms with Gasteiger partial charge in [0, 0.05) is 32.8 Å². The van der Waals surface area contributed by atoms with E-state index in [4.69, 9.17) is 8.83 Å². The fraction of sp³-hybridized carbons (Fsp3) is 0.0400. The fourth-order valence-electron chi connectivity index (χ4n) is 9.26. The Morgan fingerprint density at radius 3 is 2.06 bits per heavy atom. The molecule has 12 rings (SSSR count). The van der Waals surface area contributed by atoms with Gasteiger partial charge in [0.25, 0.3) is 0 Å². The van der Waals surface area contributed by atoms with Gasteiger partial charge in [0.1, 0.15) is 22.3 Å². The van der Waals surface area contributed by atoms with Gasteiger partial charge in [-0.2, -0.15) is 0 Å². The molecular formula is C50H31NO2. The molecule has 3 aromatic heterocycles. The highest BCUT2D eigenvalue weighted by molar-refractivity contribution is 6.17. The third kappa shape index (κ3) is 4.10. The van der Waals surface area contributed by atoms with E-state index in [1.165, 1.54) is 49.6 Å². The van der Waals surface area contributed by atoms with Gasteiger partial charge in [0.05, 0.1) is 22.1 Å². The Morgan fingerprint density at radius 1 is 0.434 bits per heavy atom. The lowest BCUT2D eigenvalue weighted by atomic mass is 9.75. The summed E-state index contributed by atoms with van der Waals surface area (Å²) in [5, 5.41) is 6.98. The van der Waals surface area contributed by atoms with Crippen molar-refractivity contribution in [1.82, 2.24) is 4.57 Å². The van der Waals surface area contributed by atoms with Crippen molar-refractivity contribution in [2.75, 3.05) is 0 Å². The predicted octanol–water partition coefficient (Wildman–Crippen LogP) is 13.6. The molecule has 0 N–H and O–H groups in total. The monoisotopic (exact) mass is 677 g/mol. The second-order valence-corrected chi connectivity index (χ2v) is 14.4. The highest BCUT2D eigenvalue weighted by atomic mass is 16.3. The number of hydrogen-bond acceptors (Lipinski definition) is 2. The maximum absolute atomic E-state index is 6.73. The van der Waals surface area contributed by atoms with Crippen LogP contribution in [0.15, 0.2) is 179 Å². The van der Waals surface area contributed by atoms with Crippen molar-refractivity contribution < 1.29 is 8.83 Å². The highest BCUT2D eigenvalue weighted by Crippen LogP contribution is 2.47. The topological polar surface area (TPSA) is 31.2 Å². The first kappa shape index (κ1) is 28.8. The summed E-state index contributed by atoms with van der Waals surface area (Å²) in [5.74, 6) is 0.262. The number of para-hydroxylation sites is 2. The molecule has 3 heteroatoms. The number of aromatic nitrogens is 1. The number of hydrogen-bond donors (Lipinski definition) is 0. The molecule has 0 saturated heterocycles. The number of nitrogens with zero attached hydrogens (tertiary/aromatic N) is 1. The molecule has 1 atom stereocenters. The van der Waals surface area contributed by atoms with Crippen LogP contribution in [-0.2, 0) is 6.42 Å². The molecule has 0 spiro atoms. The van der Waals surface area contributed by atoms with Crippen LogP contribution >= 0.6 is 0 Å². The highest BCUT2D eigenvalue weighted by Gasteiger charge is 2.28. The van der Waals surface area contributed by atoms with Gasteiger partial charge >= 0.3 is 0 Å². The van der Waals surface area contributed by atoms with Gasteiger partial charge in [-0.1, -0.05) is 115 Å². The lowest BCUT2D eigenvalue weighted by molar-refractivity contribution is 0.668. The summed E-state index contributed by atoms with van der Waals surface area (Å²) in [6, 6.07) is 61.4. The molecule has 0 saturated carbocycles. The van der Waals surface area contributed by atoms with E-state index in [9.17, 15) is 0 Å². The fourth-order valence-corrected chi connectivity index (χ4v) is 9.26. The first-order valence-corrected chi connectivity index (χ1v) is 18.3. The maximum atomic E-state index is 6.73. The van der Waals surface area contributed by atoms with Crippen molar-refractivity contribution in [1.29, 1.82) is 0 Å². The van der Waals surface area contributed by atoms with Gasteiger partial charge in [-0.3, -0.25) is 0 Å². The zero-order chi connectivity index (χ0) is 34.6. The van der Waals surface area contributed by atoms with Crippen LogP contribution in [0, 0.1) is 0 Å². The molecule has 0 aliphatic heterocycles. The molecule has 1 aliphatic carbocycles. The summed E-state index contributed by atoms with van der Waals surface area (Å²) >= 11 is 0. The minimum Gasteiger partial charge on any atom is -0.456 e. The van der Waals surface area contributed by atoms with Crippen molar-refractivity contribution >= 4 is 65.7 Å². The molecule has 11 aromatic rings. The second kappa shape index (κ2) is 10.8. The Morgan fingerprint density at radius 2 is 1.13 bits per heavy atom. The van der Waals surface area contributed by atoms with Gasteiger partial charge in [-0.05, 0) is 100.0 Å². The van der Waals surface area contributed by atoms with Crippen LogP contribution in [0.2, 0.25) is 0 Å². The van der Waals surface area contributed by atoms with Crippen LogP contribution in [0.5, 0.6) is 0 Å². The van der Waals surface area contributed by atoms with E-state index in [0.717, 1.165) is 67.1 Å². The zero-order valence-corrected chi connectivity index (χ0v) is 28.7. The summed E-state index contributed by atoms with van der Waals surface area (Å²) in [7, 11) is 0. The number of fused-ring (bicyclic) bond motifs is 12. The molecule has 1 aliphatic rings. The molecule has 3 nitrogen and oxygen atoms in total. The zero-order valence-electron chi connectivity index (χ0n) is 28.7. The minimum atomic E-state index is 0.262. The number of rotatable bonds is 3. The SMILES string of the molecule is c1ccc(C2Cc3ccccc3-c3cc4c5ccccc5n(-c5cccc6oc7cc(-c8cccc9oc%10ccccc%10c89)ccc7c56)c4cc32)cc1. The molecule has 0 fully saturated rings. The van der Waals surface area contributed by atoms with Crippen molar-refractivity contribution in [3.8, 4) is 27.9 Å². The summed E-state index contributed by atoms with van der Waals surface area (Å²) in [6.07, 6.45) is 0.978. The first-order chi connectivity index (χ1) is 26.3. The average Bonchev–Trinajstić information content (AvgIpc) is 3.89. The number of furan rings is 2. The molecular weight excluding hydrogens is 647 g/mol. The van der Waals surface area contributed by atoms with E-state index < -0.39 is 0 Å². The molecule has 1 unspecified atom stereocenters. The van der Waals surface area contributed by atoms with Crippen molar-refractivity contribution in [2.45, 2.75) is 12.3 Å². The average molecular weight is 678 g/mol. The predicted molar refractivity (Wildman–Crippen MR) is 218 cm³/mol. The first-order valence-electron chi connectivity index (χ1n) is 18.3. The summed E-state index contributed by atoms with van der Waals surface area (Å²) in [6.45, 7) is 0. The Labute approximate surface area is 304 Å². The van der Waals surface area contributed by atoms with Gasteiger partial charge in [0.15, 0.2) is 0 Å². The van der Waals surface area contributed by atoms with Gasteiger partial charge < -0.3 is 13.4 Å². The largest absolute Gasteiger partial charge is 0.456 e. The van der Waals surface area contributed by atoms with Gasteiger partial charge in [-0.25, -0.2) is 0 Å². The Bertz CT molecular complexity index is 3270. The third-order valence-electron chi connectivity index (χ3n) is 11.6. The second-order valence-electron chi connectivity index (χ2n) is 14.4. The van der Waals surface area contributed by atoms with Crippen molar-refractivity contribution in [2.24, 2.45) is 0 Å². The smallest absolute Gasteiger partial charge is 0.137 e. The van der Waals surface area contributed by atoms with E-state index in [0.29, 0.717) is 0 Å². The lowest BCUT2D eigenvalue weighted by Gasteiger charge is -2.29. The molecule has 8 aromatic carbocycles. The van der Waals surface area contributed by atoms with Gasteiger partial charge in [-0.15, -0.1) is 0 Å². The minimum absolute atomic E-state index is 0.262. The Balaban J connectivity index is 1.11. The van der Waals surface area contributed by atoms with E-state index in [1.807, 2.05) is 12.1 Å². The lowest BCUT2D eigenvalue weighted by Crippen LogP contribution is -2.13. The molecule has 0 radical (unpaired) electrons. The van der Waals surface area contributed by atoms with Crippen LogP contribution < -0.4 is 0 Å². The summed E-state index contributed by atoms with van der Waals surface area (Å²) in [5.41, 5.74) is 16.1. The maximum Gasteiger partial charge on any atom is 0.137 e. The third-order valence-corrected chi connectivity index (χ3v) is 11.6. The van der Waals surface area contributed by atoms with Crippen LogP contribution in [-0.4, -0.2) is 4.57 Å². The molecule has 53 heavy (non-hydrogen) atoms. The van der Waals surface area contributed by atoms with E-state index >= 15 is 0 Å². The van der Waals surface area contributed by atoms with Crippen molar-refractivity contribution in [3.05, 3.63) is 187 Å². The molecule has 0 amide bonds.